The summed E-state index contributed by atoms with van der Waals surface area (Å²) < 4.78 is 26.6. The van der Waals surface area contributed by atoms with Crippen LogP contribution in [0.5, 0.6) is 0 Å². The lowest BCUT2D eigenvalue weighted by atomic mass is 10.3. The molecular weight excluding hydrogens is 382 g/mol. The molecule has 0 aliphatic heterocycles. The maximum absolute atomic E-state index is 10.4. The number of carbonyl (C=O) groups is 4. The average molecular weight is 396 g/mol. The first kappa shape index (κ1) is 24.7. The van der Waals surface area contributed by atoms with Crippen LogP contribution in [-0.4, -0.2) is 44.1 Å². The second kappa shape index (κ2) is 12.9. The molecule has 0 heterocycles. The molecule has 0 aromatic heterocycles. The fraction of sp³-hybridized carbons (Fsp3) is 0.500. The van der Waals surface area contributed by atoms with Crippen molar-refractivity contribution in [3.05, 3.63) is 0 Å². The molecule has 0 saturated heterocycles. The Morgan fingerprint density at radius 3 is 1.25 bits per heavy atom. The zero-order chi connectivity index (χ0) is 19.2. The van der Waals surface area contributed by atoms with E-state index in [0.717, 1.165) is 0 Å². The summed E-state index contributed by atoms with van der Waals surface area (Å²) in [6.45, 7) is 0. The average Bonchev–Trinajstić information content (AvgIpc) is 2.46. The number of hydrogen-bond donors (Lipinski definition) is 4. The Labute approximate surface area is 134 Å². The van der Waals surface area contributed by atoms with Crippen LogP contribution in [0.1, 0.15) is 25.7 Å². The molecule has 0 amide bonds. The molecule has 0 rings (SSSR count). The standard InChI is InChI=1S/2C4H7O7P/c2*5-3-1-2-4(6)10-11-12(7,8)9/h2*3H,1-2H2,(H2,7,8,9). The van der Waals surface area contributed by atoms with Gasteiger partial charge in [-0.05, 0) is 0 Å². The topological polar surface area (TPSA) is 220 Å². The van der Waals surface area contributed by atoms with E-state index in [4.69, 9.17) is 19.6 Å². The van der Waals surface area contributed by atoms with Crippen molar-refractivity contribution in [3.63, 3.8) is 0 Å². The minimum Gasteiger partial charge on any atom is -0.303 e. The Hall–Kier alpha value is -1.50. The molecule has 4 N–H and O–H groups in total. The van der Waals surface area contributed by atoms with Crippen LogP contribution < -0.4 is 0 Å². The molecule has 0 saturated carbocycles. The van der Waals surface area contributed by atoms with Crippen LogP contribution in [0, 0.1) is 0 Å². The van der Waals surface area contributed by atoms with E-state index in [2.05, 4.69) is 19.1 Å². The normalized spacial score (nSPS) is 10.8. The molecule has 0 unspecified atom stereocenters. The molecule has 16 heteroatoms. The third-order valence-electron chi connectivity index (χ3n) is 1.39. The van der Waals surface area contributed by atoms with Crippen LogP contribution in [0.25, 0.3) is 0 Å². The zero-order valence-corrected chi connectivity index (χ0v) is 13.5. The highest BCUT2D eigenvalue weighted by Crippen LogP contribution is 2.36. The summed E-state index contributed by atoms with van der Waals surface area (Å²) in [5, 5.41) is 0. The Morgan fingerprint density at radius 2 is 1.04 bits per heavy atom. The zero-order valence-electron chi connectivity index (χ0n) is 11.7. The van der Waals surface area contributed by atoms with E-state index in [1.807, 2.05) is 0 Å². The van der Waals surface area contributed by atoms with Crippen molar-refractivity contribution in [1.82, 2.24) is 0 Å². The molecule has 0 bridgehead atoms. The van der Waals surface area contributed by atoms with E-state index in [9.17, 15) is 28.3 Å². The van der Waals surface area contributed by atoms with Crippen molar-refractivity contribution in [2.24, 2.45) is 0 Å². The van der Waals surface area contributed by atoms with E-state index in [0.29, 0.717) is 12.6 Å². The van der Waals surface area contributed by atoms with Crippen LogP contribution in [0.15, 0.2) is 0 Å². The molecule has 140 valence electrons. The Balaban J connectivity index is 0. The largest absolute Gasteiger partial charge is 0.505 e. The van der Waals surface area contributed by atoms with Gasteiger partial charge in [0.15, 0.2) is 0 Å². The summed E-state index contributed by atoms with van der Waals surface area (Å²) >= 11 is 0. The van der Waals surface area contributed by atoms with Crippen LogP contribution >= 0.6 is 15.6 Å². The summed E-state index contributed by atoms with van der Waals surface area (Å²) in [5.74, 6) is -2.02. The fourth-order valence-corrected chi connectivity index (χ4v) is 0.978. The summed E-state index contributed by atoms with van der Waals surface area (Å²) in [4.78, 5) is 79.6. The number of aldehydes is 2. The summed E-state index contributed by atoms with van der Waals surface area (Å²) in [7, 11) is -9.57. The molecule has 0 atom stereocenters. The van der Waals surface area contributed by atoms with Gasteiger partial charge in [-0.3, -0.25) is 9.78 Å². The predicted octanol–water partition coefficient (Wildman–Crippen LogP) is -0.934. The number of carbonyl (C=O) groups excluding carboxylic acids is 4. The van der Waals surface area contributed by atoms with Gasteiger partial charge in [0.25, 0.3) is 0 Å². The SMILES string of the molecule is O=CCCC(=O)OOP(=O)(O)O.O=CCCC(=O)OOP(=O)(O)O. The lowest BCUT2D eigenvalue weighted by Crippen LogP contribution is -2.04. The minimum atomic E-state index is -4.78. The highest BCUT2D eigenvalue weighted by molar-refractivity contribution is 7.46. The van der Waals surface area contributed by atoms with Gasteiger partial charge < -0.3 is 29.2 Å². The summed E-state index contributed by atoms with van der Waals surface area (Å²) in [5.41, 5.74) is 0. The van der Waals surface area contributed by atoms with Gasteiger partial charge in [0.05, 0.1) is 12.8 Å². The second-order valence-corrected chi connectivity index (χ2v) is 5.71. The van der Waals surface area contributed by atoms with Gasteiger partial charge in [0.1, 0.15) is 12.6 Å². The molecule has 0 aliphatic carbocycles. The quantitative estimate of drug-likeness (QED) is 0.152. The molecule has 0 aromatic carbocycles. The predicted molar refractivity (Wildman–Crippen MR) is 69.0 cm³/mol. The number of hydrogen-bond acceptors (Lipinski definition) is 10. The van der Waals surface area contributed by atoms with E-state index in [-0.39, 0.29) is 25.7 Å². The van der Waals surface area contributed by atoms with E-state index >= 15 is 0 Å². The lowest BCUT2D eigenvalue weighted by Gasteiger charge is -2.01. The van der Waals surface area contributed by atoms with Crippen molar-refractivity contribution in [2.45, 2.75) is 25.7 Å². The van der Waals surface area contributed by atoms with Gasteiger partial charge in [0, 0.05) is 12.8 Å². The monoisotopic (exact) mass is 396 g/mol. The maximum atomic E-state index is 10.4. The van der Waals surface area contributed by atoms with Crippen molar-refractivity contribution in [1.29, 1.82) is 0 Å². The summed E-state index contributed by atoms with van der Waals surface area (Å²) in [6.07, 6.45) is 0.233. The third kappa shape index (κ3) is 22.8. The Morgan fingerprint density at radius 1 is 0.750 bits per heavy atom. The lowest BCUT2D eigenvalue weighted by molar-refractivity contribution is -0.222. The Kier molecular flexibility index (Phi) is 13.3. The fourth-order valence-electron chi connectivity index (χ4n) is 0.617. The van der Waals surface area contributed by atoms with Crippen molar-refractivity contribution >= 4 is 40.2 Å². The maximum Gasteiger partial charge on any atom is 0.505 e. The van der Waals surface area contributed by atoms with E-state index in [1.165, 1.54) is 0 Å². The van der Waals surface area contributed by atoms with E-state index < -0.39 is 27.6 Å². The number of phosphoric acid groups is 2. The molecule has 0 radical (unpaired) electrons. The molecule has 0 aromatic rings. The van der Waals surface area contributed by atoms with Gasteiger partial charge in [-0.2, -0.15) is 0 Å². The van der Waals surface area contributed by atoms with Gasteiger partial charge >= 0.3 is 27.6 Å². The first-order valence-electron chi connectivity index (χ1n) is 5.68. The van der Waals surface area contributed by atoms with E-state index in [1.54, 1.807) is 0 Å². The Bertz CT molecular complexity index is 457. The molecule has 0 spiro atoms. The first-order valence-corrected chi connectivity index (χ1v) is 8.74. The van der Waals surface area contributed by atoms with Crippen LogP contribution in [0.2, 0.25) is 0 Å². The highest BCUT2D eigenvalue weighted by atomic mass is 31.2. The first-order chi connectivity index (χ1) is 10.9. The third-order valence-corrected chi connectivity index (χ3v) is 1.92. The van der Waals surface area contributed by atoms with Crippen LogP contribution in [-0.2, 0) is 47.4 Å². The molecule has 14 nitrogen and oxygen atoms in total. The smallest absolute Gasteiger partial charge is 0.303 e. The highest BCUT2D eigenvalue weighted by Gasteiger charge is 2.19. The molecule has 0 aliphatic rings. The molecule has 0 fully saturated rings. The van der Waals surface area contributed by atoms with Crippen LogP contribution in [0.4, 0.5) is 0 Å². The number of rotatable bonds is 10. The minimum absolute atomic E-state index is 0.0800. The van der Waals surface area contributed by atoms with Gasteiger partial charge in [-0.15, -0.1) is 0 Å². The van der Waals surface area contributed by atoms with Gasteiger partial charge in [-0.25, -0.2) is 18.7 Å². The van der Waals surface area contributed by atoms with Gasteiger partial charge in [-0.1, -0.05) is 9.35 Å². The van der Waals surface area contributed by atoms with Gasteiger partial charge in [0.2, 0.25) is 0 Å². The van der Waals surface area contributed by atoms with Crippen molar-refractivity contribution in [2.75, 3.05) is 0 Å². The second-order valence-electron chi connectivity index (χ2n) is 3.45. The van der Waals surface area contributed by atoms with Crippen molar-refractivity contribution in [3.8, 4) is 0 Å². The molecule has 24 heavy (non-hydrogen) atoms. The summed E-state index contributed by atoms with van der Waals surface area (Å²) in [6, 6.07) is 0. The molecular formula is C8H14O14P2. The van der Waals surface area contributed by atoms with Crippen molar-refractivity contribution < 1.29 is 67.0 Å². The van der Waals surface area contributed by atoms with Crippen LogP contribution in [0.3, 0.4) is 0 Å².